The minimum absolute atomic E-state index is 0.0560. The molecule has 21 heavy (non-hydrogen) atoms. The van der Waals surface area contributed by atoms with Crippen molar-refractivity contribution in [3.05, 3.63) is 29.3 Å². The second kappa shape index (κ2) is 6.29. The highest BCUT2D eigenvalue weighted by Gasteiger charge is 2.36. The fourth-order valence-corrected chi connectivity index (χ4v) is 3.56. The van der Waals surface area contributed by atoms with Crippen LogP contribution in [-0.2, 0) is 10.0 Å². The molecular weight excluding hydrogens is 312 g/mol. The fraction of sp³-hybridized carbons (Fsp3) is 0.500. The predicted molar refractivity (Wildman–Crippen MR) is 69.0 cm³/mol. The smallest absolute Gasteiger partial charge is 0.247 e. The van der Waals surface area contributed by atoms with Gasteiger partial charge in [0.1, 0.15) is 0 Å². The third-order valence-corrected chi connectivity index (χ3v) is 5.03. The molecule has 0 spiro atoms. The van der Waals surface area contributed by atoms with Crippen molar-refractivity contribution in [2.45, 2.75) is 37.1 Å². The van der Waals surface area contributed by atoms with Gasteiger partial charge in [0.05, 0.1) is 0 Å². The van der Waals surface area contributed by atoms with Gasteiger partial charge in [-0.25, -0.2) is 30.7 Å². The van der Waals surface area contributed by atoms with Gasteiger partial charge in [0.2, 0.25) is 10.0 Å². The summed E-state index contributed by atoms with van der Waals surface area (Å²) in [5.74, 6) is -7.53. The molecule has 1 rings (SSSR count). The first-order chi connectivity index (χ1) is 9.64. The Hall–Kier alpha value is -1.19. The first kappa shape index (κ1) is 17.9. The Kier molecular flexibility index (Phi) is 5.35. The first-order valence-corrected chi connectivity index (χ1v) is 7.69. The van der Waals surface area contributed by atoms with E-state index in [2.05, 4.69) is 0 Å². The third kappa shape index (κ3) is 3.35. The van der Waals surface area contributed by atoms with Gasteiger partial charge in [0.25, 0.3) is 0 Å². The second-order valence-electron chi connectivity index (χ2n) is 4.59. The van der Waals surface area contributed by atoms with E-state index < -0.39 is 43.7 Å². The number of hydrogen-bond acceptors (Lipinski definition) is 3. The van der Waals surface area contributed by atoms with E-state index in [1.165, 1.54) is 0 Å². The topological polar surface area (TPSA) is 72.2 Å². The highest BCUT2D eigenvalue weighted by Crippen LogP contribution is 2.26. The number of sulfonamides is 1. The summed E-state index contributed by atoms with van der Waals surface area (Å²) < 4.78 is 79.7. The van der Waals surface area contributed by atoms with Gasteiger partial charge in [-0.2, -0.15) is 0 Å². The van der Waals surface area contributed by atoms with Gasteiger partial charge in [-0.05, 0) is 12.8 Å². The van der Waals surface area contributed by atoms with Crippen molar-refractivity contribution < 1.29 is 26.0 Å². The normalized spacial score (nSPS) is 12.7. The van der Waals surface area contributed by atoms with E-state index in [1.807, 2.05) is 4.72 Å². The van der Waals surface area contributed by atoms with E-state index in [0.717, 1.165) is 0 Å². The van der Waals surface area contributed by atoms with Crippen LogP contribution in [0, 0.1) is 23.3 Å². The largest absolute Gasteiger partial charge is 0.329 e. The Balaban J connectivity index is 3.46. The lowest BCUT2D eigenvalue weighted by atomic mass is 9.95. The van der Waals surface area contributed by atoms with Gasteiger partial charge >= 0.3 is 0 Å². The van der Waals surface area contributed by atoms with E-state index in [0.29, 0.717) is 0 Å². The maximum Gasteiger partial charge on any atom is 0.247 e. The van der Waals surface area contributed by atoms with E-state index in [9.17, 15) is 26.0 Å². The van der Waals surface area contributed by atoms with Crippen LogP contribution in [-0.4, -0.2) is 20.5 Å². The molecule has 0 saturated carbocycles. The van der Waals surface area contributed by atoms with Crippen LogP contribution in [0.15, 0.2) is 11.0 Å². The minimum atomic E-state index is -4.82. The molecule has 4 nitrogen and oxygen atoms in total. The molecule has 3 N–H and O–H groups in total. The zero-order valence-corrected chi connectivity index (χ0v) is 12.3. The molecule has 0 aromatic heterocycles. The van der Waals surface area contributed by atoms with Crippen LogP contribution in [0.25, 0.3) is 0 Å². The quantitative estimate of drug-likeness (QED) is 0.620. The maximum atomic E-state index is 13.6. The van der Waals surface area contributed by atoms with Crippen LogP contribution in [0.1, 0.15) is 26.7 Å². The molecule has 0 saturated heterocycles. The average Bonchev–Trinajstić information content (AvgIpc) is 2.43. The number of nitrogens with two attached hydrogens (primary N) is 1. The van der Waals surface area contributed by atoms with Crippen molar-refractivity contribution in [1.29, 1.82) is 0 Å². The second-order valence-corrected chi connectivity index (χ2v) is 6.21. The highest BCUT2D eigenvalue weighted by molar-refractivity contribution is 7.89. The lowest BCUT2D eigenvalue weighted by molar-refractivity contribution is 0.358. The van der Waals surface area contributed by atoms with Crippen molar-refractivity contribution in [2.24, 2.45) is 5.73 Å². The van der Waals surface area contributed by atoms with Crippen LogP contribution in [0.4, 0.5) is 17.6 Å². The van der Waals surface area contributed by atoms with Crippen molar-refractivity contribution >= 4 is 10.0 Å². The van der Waals surface area contributed by atoms with E-state index in [-0.39, 0.29) is 25.5 Å². The van der Waals surface area contributed by atoms with Gasteiger partial charge in [0, 0.05) is 18.2 Å². The van der Waals surface area contributed by atoms with Gasteiger partial charge in [-0.3, -0.25) is 0 Å². The summed E-state index contributed by atoms with van der Waals surface area (Å²) in [6, 6.07) is -0.0560. The van der Waals surface area contributed by atoms with Gasteiger partial charge in [-0.15, -0.1) is 0 Å². The van der Waals surface area contributed by atoms with Crippen molar-refractivity contribution in [1.82, 2.24) is 4.72 Å². The number of hydrogen-bond donors (Lipinski definition) is 2. The summed E-state index contributed by atoms with van der Waals surface area (Å²) in [6.07, 6.45) is 0.473. The summed E-state index contributed by atoms with van der Waals surface area (Å²) in [6.45, 7) is 3.11. The SMILES string of the molecule is CCC(CC)(CN)NS(=O)(=O)c1c(F)c(F)cc(F)c1F. The zero-order chi connectivity index (χ0) is 16.4. The molecule has 0 bridgehead atoms. The van der Waals surface area contributed by atoms with E-state index in [4.69, 9.17) is 5.73 Å². The molecule has 0 fully saturated rings. The molecule has 0 amide bonds. The van der Waals surface area contributed by atoms with E-state index in [1.54, 1.807) is 13.8 Å². The Bertz CT molecular complexity index is 596. The van der Waals surface area contributed by atoms with E-state index >= 15 is 0 Å². The molecule has 0 aliphatic carbocycles. The summed E-state index contributed by atoms with van der Waals surface area (Å²) in [5.41, 5.74) is 4.34. The minimum Gasteiger partial charge on any atom is -0.329 e. The van der Waals surface area contributed by atoms with Crippen LogP contribution < -0.4 is 10.5 Å². The molecule has 1 aromatic rings. The Labute approximate surface area is 120 Å². The number of rotatable bonds is 6. The zero-order valence-electron chi connectivity index (χ0n) is 11.5. The van der Waals surface area contributed by atoms with Gasteiger partial charge in [-0.1, -0.05) is 13.8 Å². The molecule has 0 radical (unpaired) electrons. The van der Waals surface area contributed by atoms with Crippen molar-refractivity contribution in [3.8, 4) is 0 Å². The summed E-state index contributed by atoms with van der Waals surface area (Å²) >= 11 is 0. The Morgan fingerprint density at radius 2 is 1.52 bits per heavy atom. The molecule has 0 aliphatic heterocycles. The summed E-state index contributed by atoms with van der Waals surface area (Å²) in [7, 11) is -4.82. The summed E-state index contributed by atoms with van der Waals surface area (Å²) in [4.78, 5) is -1.68. The number of nitrogens with one attached hydrogen (secondary N) is 1. The van der Waals surface area contributed by atoms with Gasteiger partial charge in [0.15, 0.2) is 28.2 Å². The number of halogens is 4. The molecule has 0 unspecified atom stereocenters. The Morgan fingerprint density at radius 3 is 1.86 bits per heavy atom. The molecular formula is C12H16F4N2O2S. The lowest BCUT2D eigenvalue weighted by Crippen LogP contribution is -2.53. The van der Waals surface area contributed by atoms with Crippen molar-refractivity contribution in [3.63, 3.8) is 0 Å². The standard InChI is InChI=1S/C12H16F4N2O2S/c1-3-12(4-2,6-17)18-21(19,20)11-9(15)7(13)5-8(14)10(11)16/h5,18H,3-4,6,17H2,1-2H3. The van der Waals surface area contributed by atoms with Crippen LogP contribution in [0.2, 0.25) is 0 Å². The third-order valence-electron chi connectivity index (χ3n) is 3.44. The van der Waals surface area contributed by atoms with Crippen LogP contribution in [0.5, 0.6) is 0 Å². The predicted octanol–water partition coefficient (Wildman–Crippen LogP) is 2.04. The Morgan fingerprint density at radius 1 is 1.10 bits per heavy atom. The maximum absolute atomic E-state index is 13.6. The monoisotopic (exact) mass is 328 g/mol. The molecule has 120 valence electrons. The molecule has 0 atom stereocenters. The van der Waals surface area contributed by atoms with Crippen LogP contribution >= 0.6 is 0 Å². The molecule has 1 aromatic carbocycles. The lowest BCUT2D eigenvalue weighted by Gasteiger charge is -2.31. The highest BCUT2D eigenvalue weighted by atomic mass is 32.2. The summed E-state index contributed by atoms with van der Waals surface area (Å²) in [5, 5.41) is 0. The average molecular weight is 328 g/mol. The molecule has 9 heteroatoms. The van der Waals surface area contributed by atoms with Gasteiger partial charge < -0.3 is 5.73 Å². The molecule has 0 heterocycles. The molecule has 0 aliphatic rings. The van der Waals surface area contributed by atoms with Crippen LogP contribution in [0.3, 0.4) is 0 Å². The van der Waals surface area contributed by atoms with Crippen molar-refractivity contribution in [2.75, 3.05) is 6.54 Å². The fourth-order valence-electron chi connectivity index (χ4n) is 1.85. The first-order valence-electron chi connectivity index (χ1n) is 6.21. The number of benzene rings is 1.